The quantitative estimate of drug-likeness (QED) is 0.332. The van der Waals surface area contributed by atoms with Crippen LogP contribution in [0.2, 0.25) is 0 Å². The number of aliphatic carboxylic acids is 1. The molecule has 0 spiro atoms. The summed E-state index contributed by atoms with van der Waals surface area (Å²) >= 11 is 1.30. The van der Waals surface area contributed by atoms with Crippen molar-refractivity contribution in [3.8, 4) is 0 Å². The average Bonchev–Trinajstić information content (AvgIpc) is 3.26. The van der Waals surface area contributed by atoms with Crippen molar-refractivity contribution in [2.45, 2.75) is 39.0 Å². The summed E-state index contributed by atoms with van der Waals surface area (Å²) in [5.41, 5.74) is 2.79. The lowest BCUT2D eigenvalue weighted by Gasteiger charge is -2.43. The van der Waals surface area contributed by atoms with Gasteiger partial charge in [0.25, 0.3) is 0 Å². The number of carboxylic acids is 1. The smallest absolute Gasteiger partial charge is 0.416 e. The van der Waals surface area contributed by atoms with Gasteiger partial charge in [0.2, 0.25) is 0 Å². The molecule has 7 nitrogen and oxygen atoms in total. The van der Waals surface area contributed by atoms with Crippen LogP contribution in [0.3, 0.4) is 0 Å². The molecule has 0 unspecified atom stereocenters. The summed E-state index contributed by atoms with van der Waals surface area (Å²) < 4.78 is 45.9. The number of benzene rings is 2. The summed E-state index contributed by atoms with van der Waals surface area (Å²) in [5, 5.41) is 9.95. The SMILES string of the molecule is CCOCCN(C)C[C@@H]1CN(Cc2cc(C)cc(CC(=O)O)c2)CCN1c1nc2ccc(C(F)(F)F)cc2s1. The fraction of sp³-hybridized carbons (Fsp3) is 0.500. The zero-order valence-corrected chi connectivity index (χ0v) is 23.3. The van der Waals surface area contributed by atoms with Crippen LogP contribution in [0.15, 0.2) is 36.4 Å². The van der Waals surface area contributed by atoms with Gasteiger partial charge in [-0.1, -0.05) is 35.1 Å². The number of carboxylic acid groups (broad SMARTS) is 1. The highest BCUT2D eigenvalue weighted by Gasteiger charge is 2.33. The largest absolute Gasteiger partial charge is 0.481 e. The van der Waals surface area contributed by atoms with Gasteiger partial charge in [-0.2, -0.15) is 13.2 Å². The summed E-state index contributed by atoms with van der Waals surface area (Å²) in [6.07, 6.45) is -4.40. The molecule has 0 aliphatic carbocycles. The highest BCUT2D eigenvalue weighted by molar-refractivity contribution is 7.22. The van der Waals surface area contributed by atoms with Gasteiger partial charge in [0.1, 0.15) is 0 Å². The number of thiazole rings is 1. The van der Waals surface area contributed by atoms with E-state index < -0.39 is 17.7 Å². The molecule has 1 aromatic heterocycles. The lowest BCUT2D eigenvalue weighted by Crippen LogP contribution is -2.56. The van der Waals surface area contributed by atoms with Crippen molar-refractivity contribution < 1.29 is 27.8 Å². The second-order valence-corrected chi connectivity index (χ2v) is 11.1. The normalized spacial score (nSPS) is 16.9. The summed E-state index contributed by atoms with van der Waals surface area (Å²) in [7, 11) is 2.04. The molecule has 1 N–H and O–H groups in total. The predicted octanol–water partition coefficient (Wildman–Crippen LogP) is 4.91. The molecule has 212 valence electrons. The van der Waals surface area contributed by atoms with Crippen LogP contribution in [-0.4, -0.2) is 84.9 Å². The van der Waals surface area contributed by atoms with Crippen LogP contribution in [0.5, 0.6) is 0 Å². The van der Waals surface area contributed by atoms with Gasteiger partial charge in [-0.3, -0.25) is 9.69 Å². The number of aromatic nitrogens is 1. The molecule has 39 heavy (non-hydrogen) atoms. The zero-order chi connectivity index (χ0) is 28.2. The van der Waals surface area contributed by atoms with Crippen molar-refractivity contribution in [3.63, 3.8) is 0 Å². The van der Waals surface area contributed by atoms with Crippen molar-refractivity contribution in [2.24, 2.45) is 0 Å². The lowest BCUT2D eigenvalue weighted by molar-refractivity contribution is -0.138. The third-order valence-corrected chi connectivity index (χ3v) is 7.87. The van der Waals surface area contributed by atoms with E-state index in [2.05, 4.69) is 20.8 Å². The molecule has 1 aliphatic rings. The molecule has 11 heteroatoms. The molecule has 3 aromatic rings. The van der Waals surface area contributed by atoms with Gasteiger partial charge in [-0.15, -0.1) is 0 Å². The first-order valence-corrected chi connectivity index (χ1v) is 13.9. The highest BCUT2D eigenvalue weighted by atomic mass is 32.1. The summed E-state index contributed by atoms with van der Waals surface area (Å²) in [6, 6.07) is 9.74. The zero-order valence-electron chi connectivity index (χ0n) is 22.5. The van der Waals surface area contributed by atoms with Crippen molar-refractivity contribution >= 4 is 32.7 Å². The van der Waals surface area contributed by atoms with E-state index in [4.69, 9.17) is 9.72 Å². The minimum Gasteiger partial charge on any atom is -0.481 e. The monoisotopic (exact) mass is 564 g/mol. The molecular formula is C28H35F3N4O3S. The van der Waals surface area contributed by atoms with Crippen molar-refractivity contribution in [1.29, 1.82) is 0 Å². The van der Waals surface area contributed by atoms with Crippen LogP contribution < -0.4 is 4.90 Å². The number of piperazine rings is 1. The number of hydrogen-bond donors (Lipinski definition) is 1. The van der Waals surface area contributed by atoms with Crippen LogP contribution in [0.25, 0.3) is 10.2 Å². The number of likely N-dealkylation sites (N-methyl/N-ethyl adjacent to an activating group) is 1. The molecule has 1 fully saturated rings. The molecule has 0 bridgehead atoms. The molecule has 1 aliphatic heterocycles. The van der Waals surface area contributed by atoms with Gasteiger partial charge >= 0.3 is 12.1 Å². The first kappa shape index (κ1) is 29.3. The lowest BCUT2D eigenvalue weighted by atomic mass is 10.0. The Morgan fingerprint density at radius 2 is 1.97 bits per heavy atom. The van der Waals surface area contributed by atoms with E-state index >= 15 is 0 Å². The molecule has 2 aromatic carbocycles. The van der Waals surface area contributed by atoms with Gasteiger partial charge in [-0.25, -0.2) is 4.98 Å². The van der Waals surface area contributed by atoms with Crippen molar-refractivity contribution in [1.82, 2.24) is 14.8 Å². The number of anilines is 1. The minimum atomic E-state index is -4.39. The number of ether oxygens (including phenoxy) is 1. The number of halogens is 3. The first-order chi connectivity index (χ1) is 18.5. The van der Waals surface area contributed by atoms with E-state index in [9.17, 15) is 23.1 Å². The Kier molecular flexibility index (Phi) is 9.47. The van der Waals surface area contributed by atoms with Gasteiger partial charge in [0.15, 0.2) is 5.13 Å². The van der Waals surface area contributed by atoms with Crippen LogP contribution in [0.4, 0.5) is 18.3 Å². The van der Waals surface area contributed by atoms with Crippen molar-refractivity contribution in [2.75, 3.05) is 57.9 Å². The van der Waals surface area contributed by atoms with Crippen molar-refractivity contribution in [3.05, 3.63) is 58.7 Å². The van der Waals surface area contributed by atoms with E-state index in [0.717, 1.165) is 54.1 Å². The number of fused-ring (bicyclic) bond motifs is 1. The first-order valence-electron chi connectivity index (χ1n) is 13.1. The molecule has 2 heterocycles. The topological polar surface area (TPSA) is 69.1 Å². The van der Waals surface area contributed by atoms with Crippen LogP contribution in [0, 0.1) is 6.92 Å². The summed E-state index contributed by atoms with van der Waals surface area (Å²) in [6.45, 7) is 9.60. The van der Waals surface area contributed by atoms with Crippen LogP contribution in [0.1, 0.15) is 29.2 Å². The maximum Gasteiger partial charge on any atom is 0.416 e. The third kappa shape index (κ3) is 7.91. The van der Waals surface area contributed by atoms with E-state index in [-0.39, 0.29) is 12.5 Å². The standard InChI is InChI=1S/C28H35F3N4O3S/c1-4-38-10-9-33(3)17-23-18-34(16-21-12-19(2)11-20(13-21)14-26(36)37)7-8-35(23)27-32-24-6-5-22(28(29,30)31)15-25(24)39-27/h5-6,11-13,15,23H,4,7-10,14,16-18H2,1-3H3,(H,36,37)/t23-/m1/s1. The Bertz CT molecular complexity index is 1280. The Morgan fingerprint density at radius 1 is 1.21 bits per heavy atom. The fourth-order valence-electron chi connectivity index (χ4n) is 5.07. The summed E-state index contributed by atoms with van der Waals surface area (Å²) in [5.74, 6) is -0.853. The van der Waals surface area contributed by atoms with E-state index in [0.29, 0.717) is 36.5 Å². The number of rotatable bonds is 11. The summed E-state index contributed by atoms with van der Waals surface area (Å²) in [4.78, 5) is 22.7. The Labute approximate surface area is 230 Å². The Morgan fingerprint density at radius 3 is 2.69 bits per heavy atom. The van der Waals surface area contributed by atoms with E-state index in [1.807, 2.05) is 33.0 Å². The number of hydrogen-bond acceptors (Lipinski definition) is 7. The van der Waals surface area contributed by atoms with E-state index in [1.165, 1.54) is 23.5 Å². The third-order valence-electron chi connectivity index (χ3n) is 6.82. The molecular weight excluding hydrogens is 529 g/mol. The second kappa shape index (κ2) is 12.6. The Balaban J connectivity index is 1.54. The fourth-order valence-corrected chi connectivity index (χ4v) is 6.18. The molecule has 0 saturated carbocycles. The number of carbonyl (C=O) groups is 1. The maximum absolute atomic E-state index is 13.3. The Hall–Kier alpha value is -2.73. The number of nitrogens with zero attached hydrogens (tertiary/aromatic N) is 4. The van der Waals surface area contributed by atoms with Gasteiger partial charge in [0.05, 0.1) is 34.8 Å². The number of alkyl halides is 3. The maximum atomic E-state index is 13.3. The molecule has 1 atom stereocenters. The van der Waals surface area contributed by atoms with Gasteiger partial charge < -0.3 is 19.6 Å². The molecule has 0 radical (unpaired) electrons. The molecule has 0 amide bonds. The van der Waals surface area contributed by atoms with E-state index in [1.54, 1.807) is 0 Å². The minimum absolute atomic E-state index is 0.0105. The van der Waals surface area contributed by atoms with Gasteiger partial charge in [0, 0.05) is 45.9 Å². The second-order valence-electron chi connectivity index (χ2n) is 10.1. The average molecular weight is 565 g/mol. The number of aryl methyl sites for hydroxylation is 1. The van der Waals surface area contributed by atoms with Crippen LogP contribution >= 0.6 is 11.3 Å². The highest BCUT2D eigenvalue weighted by Crippen LogP contribution is 2.36. The van der Waals surface area contributed by atoms with Crippen LogP contribution in [-0.2, 0) is 28.7 Å². The molecule has 1 saturated heterocycles. The van der Waals surface area contributed by atoms with Gasteiger partial charge in [-0.05, 0) is 50.2 Å². The predicted molar refractivity (Wildman–Crippen MR) is 148 cm³/mol. The molecule has 4 rings (SSSR count).